The number of rotatable bonds is 9. The first-order valence-electron chi connectivity index (χ1n) is 20.4. The Morgan fingerprint density at radius 3 is 2.16 bits per heavy atom. The van der Waals surface area contributed by atoms with Gasteiger partial charge in [0.15, 0.2) is 23.6 Å². The molecule has 0 bridgehead atoms. The molecule has 4 aromatic rings. The van der Waals surface area contributed by atoms with Crippen molar-refractivity contribution in [3.63, 3.8) is 0 Å². The summed E-state index contributed by atoms with van der Waals surface area (Å²) in [7, 11) is -1.35. The van der Waals surface area contributed by atoms with Crippen molar-refractivity contribution in [1.29, 1.82) is 0 Å². The van der Waals surface area contributed by atoms with Crippen LogP contribution in [0.25, 0.3) is 10.8 Å². The summed E-state index contributed by atoms with van der Waals surface area (Å²) in [6.45, 7) is 6.40. The van der Waals surface area contributed by atoms with Gasteiger partial charge in [0.2, 0.25) is 11.9 Å². The van der Waals surface area contributed by atoms with Crippen LogP contribution in [0.2, 0.25) is 0 Å². The molecule has 0 aromatic heterocycles. The Kier molecular flexibility index (Phi) is 8.66. The molecule has 15 nitrogen and oxygen atoms in total. The highest BCUT2D eigenvalue weighted by Crippen LogP contribution is 2.85. The Balaban J connectivity index is 1.15. The summed E-state index contributed by atoms with van der Waals surface area (Å²) in [5.74, 6) is -5.99. The number of aliphatic hydroxyl groups is 2. The summed E-state index contributed by atoms with van der Waals surface area (Å²) in [6, 6.07) is 25.1. The van der Waals surface area contributed by atoms with Gasteiger partial charge in [0, 0.05) is 47.6 Å². The molecular weight excluding hydrogens is 823 g/mol. The first kappa shape index (κ1) is 40.8. The van der Waals surface area contributed by atoms with Gasteiger partial charge in [-0.15, -0.1) is 0 Å². The molecule has 7 unspecified atom stereocenters. The molecule has 2 saturated carbocycles. The molecule has 6 aliphatic rings. The number of aliphatic hydroxyl groups excluding tert-OH is 1. The van der Waals surface area contributed by atoms with Crippen LogP contribution in [0, 0.1) is 28.1 Å². The van der Waals surface area contributed by atoms with Gasteiger partial charge in [-0.1, -0.05) is 99.6 Å². The van der Waals surface area contributed by atoms with Gasteiger partial charge in [0.25, 0.3) is 10.1 Å². The van der Waals surface area contributed by atoms with E-state index in [0.717, 1.165) is 0 Å². The van der Waals surface area contributed by atoms with Crippen LogP contribution < -0.4 is 4.90 Å². The summed E-state index contributed by atoms with van der Waals surface area (Å²) in [5.41, 5.74) is -8.58. The minimum Gasteiger partial charge on any atom is -0.456 e. The predicted molar refractivity (Wildman–Crippen MR) is 217 cm³/mol. The van der Waals surface area contributed by atoms with E-state index in [1.165, 1.54) is 13.0 Å². The zero-order valence-corrected chi connectivity index (χ0v) is 35.5. The zero-order chi connectivity index (χ0) is 44.1. The number of hydrogen-bond acceptors (Lipinski definition) is 15. The Morgan fingerprint density at radius 2 is 1.48 bits per heavy atom. The van der Waals surface area contributed by atoms with Crippen LogP contribution in [-0.4, -0.2) is 104 Å². The first-order chi connectivity index (χ1) is 29.3. The van der Waals surface area contributed by atoms with Crippen LogP contribution in [0.1, 0.15) is 49.2 Å². The molecule has 2 N–H and O–H groups in total. The topological polar surface area (TPSA) is 201 Å². The zero-order valence-electron chi connectivity index (χ0n) is 34.6. The monoisotopic (exact) mass is 867 g/mol. The molecule has 62 heavy (non-hydrogen) atoms. The lowest BCUT2D eigenvalue weighted by molar-refractivity contribution is -0.240. The number of benzene rings is 4. The molecular formula is C46H45NO14S. The number of fused-ring (bicyclic) bond motifs is 2. The second kappa shape index (κ2) is 13.2. The highest BCUT2D eigenvalue weighted by atomic mass is 32.2. The molecule has 4 heterocycles. The van der Waals surface area contributed by atoms with Crippen LogP contribution in [0.3, 0.4) is 0 Å². The minimum absolute atomic E-state index is 0.204. The van der Waals surface area contributed by atoms with Crippen LogP contribution in [0.5, 0.6) is 0 Å². The third kappa shape index (κ3) is 4.74. The van der Waals surface area contributed by atoms with E-state index in [2.05, 4.69) is 0 Å². The molecule has 4 saturated heterocycles. The number of nitrogens with zero attached hydrogens (tertiary/aromatic N) is 1. The van der Waals surface area contributed by atoms with Gasteiger partial charge < -0.3 is 38.8 Å². The maximum absolute atomic E-state index is 15.1. The van der Waals surface area contributed by atoms with Gasteiger partial charge in [-0.2, -0.15) is 8.42 Å². The fraction of sp³-hybridized carbons (Fsp3) is 0.435. The quantitative estimate of drug-likeness (QED) is 0.107. The van der Waals surface area contributed by atoms with E-state index in [-0.39, 0.29) is 22.7 Å². The molecule has 4 aliphatic heterocycles. The lowest BCUT2D eigenvalue weighted by Gasteiger charge is -2.48. The van der Waals surface area contributed by atoms with E-state index in [1.54, 1.807) is 93.6 Å². The van der Waals surface area contributed by atoms with Crippen LogP contribution in [-0.2, 0) is 59.0 Å². The molecule has 16 heteroatoms. The minimum atomic E-state index is -4.97. The fourth-order valence-electron chi connectivity index (χ4n) is 12.3. The molecule has 6 fully saturated rings. The molecule has 12 atom stereocenters. The molecule has 324 valence electrons. The van der Waals surface area contributed by atoms with Crippen molar-refractivity contribution in [3.05, 3.63) is 108 Å². The van der Waals surface area contributed by atoms with Gasteiger partial charge in [-0.3, -0.25) is 13.8 Å². The maximum atomic E-state index is 15.1. The fourth-order valence-corrected chi connectivity index (χ4v) is 13.6. The second-order valence-electron chi connectivity index (χ2n) is 18.5. The highest BCUT2D eigenvalue weighted by Gasteiger charge is 3.06. The third-order valence-corrected chi connectivity index (χ3v) is 15.8. The Bertz CT molecular complexity index is 2700. The number of ether oxygens (including phenoxy) is 5. The van der Waals surface area contributed by atoms with Crippen molar-refractivity contribution in [2.24, 2.45) is 28.1 Å². The Morgan fingerprint density at radius 1 is 0.823 bits per heavy atom. The summed E-state index contributed by atoms with van der Waals surface area (Å²) in [4.78, 5) is 57.5. The summed E-state index contributed by atoms with van der Waals surface area (Å²) < 4.78 is 67.7. The van der Waals surface area contributed by atoms with E-state index in [1.807, 2.05) is 31.1 Å². The van der Waals surface area contributed by atoms with E-state index >= 15 is 8.42 Å². The van der Waals surface area contributed by atoms with Crippen molar-refractivity contribution in [2.45, 2.75) is 87.2 Å². The lowest BCUT2D eigenvalue weighted by atomic mass is 9.51. The van der Waals surface area contributed by atoms with Crippen LogP contribution in [0.15, 0.2) is 95.9 Å². The van der Waals surface area contributed by atoms with E-state index in [0.29, 0.717) is 27.8 Å². The summed E-state index contributed by atoms with van der Waals surface area (Å²) in [6.07, 6.45) is -10.7. The van der Waals surface area contributed by atoms with Gasteiger partial charge in [-0.05, 0) is 30.0 Å². The Hall–Kier alpha value is -5.23. The molecule has 2 spiro atoms. The van der Waals surface area contributed by atoms with E-state index in [4.69, 9.17) is 27.9 Å². The normalized spacial score (nSPS) is 36.5. The Labute approximate surface area is 356 Å². The summed E-state index contributed by atoms with van der Waals surface area (Å²) >= 11 is 0. The van der Waals surface area contributed by atoms with Crippen molar-refractivity contribution in [3.8, 4) is 0 Å². The molecule has 4 aromatic carbocycles. The van der Waals surface area contributed by atoms with Gasteiger partial charge in [0.05, 0.1) is 29.5 Å². The van der Waals surface area contributed by atoms with Crippen molar-refractivity contribution in [1.82, 2.24) is 0 Å². The number of hydrogen-bond donors (Lipinski definition) is 2. The SMILES string of the molecule is C[C@@H]1C(=O)OC2[C@H](OS(=O)(=O)c3cccc4c(N(C)C)cccc34)C34C5OC(=O)C3(OC3OC(=O)[C@H](OCc6ccc(C(=O)c7ccccc7)cc6)C34C(C(C)(C)C)[C@H]5O)[C@]21O. The maximum Gasteiger partial charge on any atom is 0.343 e. The van der Waals surface area contributed by atoms with E-state index < -0.39 is 104 Å². The number of esters is 3. The summed E-state index contributed by atoms with van der Waals surface area (Å²) in [5, 5.41) is 26.6. The van der Waals surface area contributed by atoms with Gasteiger partial charge in [-0.25, -0.2) is 9.59 Å². The molecule has 10 rings (SSSR count). The average Bonchev–Trinajstić information content (AvgIpc) is 3.94. The number of anilines is 1. The second-order valence-corrected chi connectivity index (χ2v) is 20.1. The third-order valence-electron chi connectivity index (χ3n) is 14.4. The van der Waals surface area contributed by atoms with Gasteiger partial charge >= 0.3 is 17.9 Å². The van der Waals surface area contributed by atoms with Crippen LogP contribution >= 0.6 is 0 Å². The van der Waals surface area contributed by atoms with E-state index in [9.17, 15) is 29.4 Å². The largest absolute Gasteiger partial charge is 0.456 e. The lowest BCUT2D eigenvalue weighted by Crippen LogP contribution is -2.67. The first-order valence-corrected chi connectivity index (χ1v) is 21.8. The predicted octanol–water partition coefficient (Wildman–Crippen LogP) is 3.69. The molecule has 0 amide bonds. The van der Waals surface area contributed by atoms with Crippen molar-refractivity contribution < 1.29 is 65.7 Å². The molecule has 0 radical (unpaired) electrons. The smallest absolute Gasteiger partial charge is 0.343 e. The van der Waals surface area contributed by atoms with Crippen molar-refractivity contribution >= 4 is 50.3 Å². The number of carbonyl (C=O) groups is 4. The number of ketones is 1. The molecule has 2 aliphatic carbocycles. The average molecular weight is 868 g/mol. The van der Waals surface area contributed by atoms with Crippen molar-refractivity contribution in [2.75, 3.05) is 19.0 Å². The number of carbonyl (C=O) groups excluding carboxylic acids is 4. The van der Waals surface area contributed by atoms with Crippen LogP contribution in [0.4, 0.5) is 5.69 Å². The standard InChI is InChI=1S/C46H45NO14S/c1-23-38(50)57-36-35(61-62(54,55)30-17-11-14-27-28(30)15-10-16-29(27)47(5)6)44-34-32(49)33(42(2,3)4)43(44)37(39(51)59-41(43)60-46(44,40(52)58-34)45(23,36)53)56-22-24-18-20-26(21-19-24)31(48)25-12-8-7-9-13-25/h7-21,23,32-37,41,49,53H,22H2,1-6H3/t23-,32-,33?,34?,35+,36?,37+,41?,43?,44?,45-,46?/m1/s1. The van der Waals surface area contributed by atoms with Gasteiger partial charge in [0.1, 0.15) is 17.1 Å². The highest BCUT2D eigenvalue weighted by molar-refractivity contribution is 7.87.